The SMILES string of the molecule is CC(C)(C)NCCCOc1ccc2oc(C(C)(C)C)cc2c1. The molecule has 3 nitrogen and oxygen atoms in total. The van der Waals surface area contributed by atoms with Crippen molar-refractivity contribution in [2.24, 2.45) is 0 Å². The van der Waals surface area contributed by atoms with Crippen LogP contribution in [0.4, 0.5) is 0 Å². The number of hydrogen-bond acceptors (Lipinski definition) is 3. The fourth-order valence-electron chi connectivity index (χ4n) is 2.21. The first-order valence-electron chi connectivity index (χ1n) is 8.07. The van der Waals surface area contributed by atoms with Crippen LogP contribution in [-0.2, 0) is 5.41 Å². The van der Waals surface area contributed by atoms with Gasteiger partial charge in [0.1, 0.15) is 17.1 Å². The fraction of sp³-hybridized carbons (Fsp3) is 0.579. The lowest BCUT2D eigenvalue weighted by atomic mass is 9.93. The number of hydrogen-bond donors (Lipinski definition) is 1. The third kappa shape index (κ3) is 4.77. The third-order valence-corrected chi connectivity index (χ3v) is 3.47. The van der Waals surface area contributed by atoms with Gasteiger partial charge in [0.25, 0.3) is 0 Å². The first-order chi connectivity index (χ1) is 10.1. The van der Waals surface area contributed by atoms with Gasteiger partial charge in [0.05, 0.1) is 6.61 Å². The van der Waals surface area contributed by atoms with Crippen LogP contribution in [0, 0.1) is 0 Å². The molecule has 0 aliphatic heterocycles. The highest BCUT2D eigenvalue weighted by Gasteiger charge is 2.19. The van der Waals surface area contributed by atoms with Crippen molar-refractivity contribution < 1.29 is 9.15 Å². The van der Waals surface area contributed by atoms with Crippen LogP contribution >= 0.6 is 0 Å². The van der Waals surface area contributed by atoms with Crippen molar-refractivity contribution in [1.82, 2.24) is 5.32 Å². The highest BCUT2D eigenvalue weighted by molar-refractivity contribution is 5.79. The molecular weight excluding hydrogens is 274 g/mol. The van der Waals surface area contributed by atoms with Crippen molar-refractivity contribution in [2.45, 2.75) is 58.9 Å². The van der Waals surface area contributed by atoms with Gasteiger partial charge in [0.15, 0.2) is 0 Å². The summed E-state index contributed by atoms with van der Waals surface area (Å²) in [6.07, 6.45) is 0.994. The van der Waals surface area contributed by atoms with Crippen LogP contribution in [0.3, 0.4) is 0 Å². The first-order valence-corrected chi connectivity index (χ1v) is 8.07. The standard InChI is InChI=1S/C19H29NO2/c1-18(2,3)17-13-14-12-15(8-9-16(14)22-17)21-11-7-10-20-19(4,5)6/h8-9,12-13,20H,7,10-11H2,1-6H3. The van der Waals surface area contributed by atoms with E-state index in [0.717, 1.165) is 42.1 Å². The lowest BCUT2D eigenvalue weighted by Gasteiger charge is -2.20. The van der Waals surface area contributed by atoms with E-state index in [1.54, 1.807) is 0 Å². The molecule has 1 N–H and O–H groups in total. The molecule has 0 aliphatic carbocycles. The molecule has 1 heterocycles. The maximum absolute atomic E-state index is 5.90. The van der Waals surface area contributed by atoms with Gasteiger partial charge >= 0.3 is 0 Å². The van der Waals surface area contributed by atoms with Crippen LogP contribution in [0.25, 0.3) is 11.0 Å². The van der Waals surface area contributed by atoms with Crippen molar-refractivity contribution in [1.29, 1.82) is 0 Å². The number of nitrogens with one attached hydrogen (secondary N) is 1. The second-order valence-electron chi connectivity index (χ2n) is 7.94. The Morgan fingerprint density at radius 2 is 1.77 bits per heavy atom. The number of fused-ring (bicyclic) bond motifs is 1. The van der Waals surface area contributed by atoms with Gasteiger partial charge in [-0.3, -0.25) is 0 Å². The summed E-state index contributed by atoms with van der Waals surface area (Å²) in [6.45, 7) is 14.7. The molecule has 0 amide bonds. The van der Waals surface area contributed by atoms with Gasteiger partial charge < -0.3 is 14.5 Å². The normalized spacial score (nSPS) is 12.8. The van der Waals surface area contributed by atoms with Crippen molar-refractivity contribution in [3.63, 3.8) is 0 Å². The molecule has 122 valence electrons. The Morgan fingerprint density at radius 1 is 1.05 bits per heavy atom. The van der Waals surface area contributed by atoms with Crippen molar-refractivity contribution >= 4 is 11.0 Å². The average Bonchev–Trinajstić information content (AvgIpc) is 2.80. The summed E-state index contributed by atoms with van der Waals surface area (Å²) < 4.78 is 11.7. The zero-order chi connectivity index (χ0) is 16.4. The van der Waals surface area contributed by atoms with Gasteiger partial charge in [-0.05, 0) is 58.0 Å². The van der Waals surface area contributed by atoms with E-state index in [1.807, 2.05) is 12.1 Å². The third-order valence-electron chi connectivity index (χ3n) is 3.47. The molecule has 0 aliphatic rings. The minimum atomic E-state index is 0.0265. The Kier molecular flexibility index (Phi) is 4.86. The largest absolute Gasteiger partial charge is 0.494 e. The predicted molar refractivity (Wildman–Crippen MR) is 92.8 cm³/mol. The highest BCUT2D eigenvalue weighted by Crippen LogP contribution is 2.31. The molecule has 0 atom stereocenters. The van der Waals surface area contributed by atoms with Crippen molar-refractivity contribution in [2.75, 3.05) is 13.2 Å². The van der Waals surface area contributed by atoms with Crippen LogP contribution < -0.4 is 10.1 Å². The molecule has 0 spiro atoms. The van der Waals surface area contributed by atoms with E-state index in [0.29, 0.717) is 0 Å². The molecule has 1 aromatic carbocycles. The van der Waals surface area contributed by atoms with E-state index >= 15 is 0 Å². The van der Waals surface area contributed by atoms with Crippen LogP contribution in [-0.4, -0.2) is 18.7 Å². The molecular formula is C19H29NO2. The molecule has 0 radical (unpaired) electrons. The molecule has 2 aromatic rings. The zero-order valence-corrected chi connectivity index (χ0v) is 14.7. The maximum Gasteiger partial charge on any atom is 0.134 e. The van der Waals surface area contributed by atoms with Crippen LogP contribution in [0.15, 0.2) is 28.7 Å². The topological polar surface area (TPSA) is 34.4 Å². The molecule has 0 bridgehead atoms. The van der Waals surface area contributed by atoms with Gasteiger partial charge in [-0.15, -0.1) is 0 Å². The van der Waals surface area contributed by atoms with E-state index in [-0.39, 0.29) is 11.0 Å². The van der Waals surface area contributed by atoms with E-state index in [2.05, 4.69) is 59.0 Å². The smallest absolute Gasteiger partial charge is 0.134 e. The molecule has 0 unspecified atom stereocenters. The lowest BCUT2D eigenvalue weighted by Crippen LogP contribution is -2.36. The average molecular weight is 303 g/mol. The molecule has 0 saturated heterocycles. The molecule has 0 fully saturated rings. The first kappa shape index (κ1) is 16.9. The molecule has 22 heavy (non-hydrogen) atoms. The Hall–Kier alpha value is -1.48. The summed E-state index contributed by atoms with van der Waals surface area (Å²) in [4.78, 5) is 0. The monoisotopic (exact) mass is 303 g/mol. The number of rotatable bonds is 5. The summed E-state index contributed by atoms with van der Waals surface area (Å²) in [7, 11) is 0. The van der Waals surface area contributed by atoms with E-state index < -0.39 is 0 Å². The molecule has 0 saturated carbocycles. The van der Waals surface area contributed by atoms with E-state index in [1.165, 1.54) is 0 Å². The summed E-state index contributed by atoms with van der Waals surface area (Å²) in [5, 5.41) is 4.57. The molecule has 1 aromatic heterocycles. The lowest BCUT2D eigenvalue weighted by molar-refractivity contribution is 0.298. The summed E-state index contributed by atoms with van der Waals surface area (Å²) in [5.74, 6) is 1.92. The van der Waals surface area contributed by atoms with E-state index in [9.17, 15) is 0 Å². The molecule has 2 rings (SSSR count). The predicted octanol–water partition coefficient (Wildman–Crippen LogP) is 4.89. The Balaban J connectivity index is 1.93. The van der Waals surface area contributed by atoms with Crippen LogP contribution in [0.1, 0.15) is 53.7 Å². The Labute approximate surface area is 134 Å². The van der Waals surface area contributed by atoms with Gasteiger partial charge in [-0.1, -0.05) is 20.8 Å². The summed E-state index contributed by atoms with van der Waals surface area (Å²) in [6, 6.07) is 8.15. The Morgan fingerprint density at radius 3 is 2.41 bits per heavy atom. The minimum Gasteiger partial charge on any atom is -0.494 e. The van der Waals surface area contributed by atoms with E-state index in [4.69, 9.17) is 9.15 Å². The fourth-order valence-corrected chi connectivity index (χ4v) is 2.21. The number of ether oxygens (including phenoxy) is 1. The van der Waals surface area contributed by atoms with Crippen molar-refractivity contribution in [3.8, 4) is 5.75 Å². The number of furan rings is 1. The van der Waals surface area contributed by atoms with Gasteiger partial charge in [0, 0.05) is 16.3 Å². The minimum absolute atomic E-state index is 0.0265. The van der Waals surface area contributed by atoms with Crippen molar-refractivity contribution in [3.05, 3.63) is 30.0 Å². The van der Waals surface area contributed by atoms with Crippen LogP contribution in [0.2, 0.25) is 0 Å². The second kappa shape index (κ2) is 6.33. The molecule has 3 heteroatoms. The zero-order valence-electron chi connectivity index (χ0n) is 14.7. The Bertz CT molecular complexity index is 614. The van der Waals surface area contributed by atoms with Crippen LogP contribution in [0.5, 0.6) is 5.75 Å². The van der Waals surface area contributed by atoms with Gasteiger partial charge in [-0.25, -0.2) is 0 Å². The van der Waals surface area contributed by atoms with Gasteiger partial charge in [-0.2, -0.15) is 0 Å². The highest BCUT2D eigenvalue weighted by atomic mass is 16.5. The summed E-state index contributed by atoms with van der Waals surface area (Å²) in [5.41, 5.74) is 1.12. The second-order valence-corrected chi connectivity index (χ2v) is 7.94. The number of benzene rings is 1. The maximum atomic E-state index is 5.90. The summed E-state index contributed by atoms with van der Waals surface area (Å²) >= 11 is 0. The van der Waals surface area contributed by atoms with Gasteiger partial charge in [0.2, 0.25) is 0 Å². The quantitative estimate of drug-likeness (QED) is 0.799.